The van der Waals surface area contributed by atoms with Gasteiger partial charge in [0.2, 0.25) is 5.91 Å². The molecule has 0 atom stereocenters. The van der Waals surface area contributed by atoms with Gasteiger partial charge in [0.1, 0.15) is 5.75 Å². The molecule has 1 aromatic carbocycles. The third-order valence-corrected chi connectivity index (χ3v) is 2.28. The molecule has 1 radical (unpaired) electrons. The minimum Gasteiger partial charge on any atom is -0.418 e. The molecule has 0 aliphatic carbocycles. The Hall–Kier alpha value is -1.84. The predicted molar refractivity (Wildman–Crippen MR) is 65.5 cm³/mol. The molecular weight excluding hydrogens is 218 g/mol. The molecular formula is C13H16NO3. The van der Waals surface area contributed by atoms with Crippen LogP contribution in [-0.4, -0.2) is 12.4 Å². The highest BCUT2D eigenvalue weighted by atomic mass is 16.5. The summed E-state index contributed by atoms with van der Waals surface area (Å²) in [7, 11) is 0. The third kappa shape index (κ3) is 5.15. The highest BCUT2D eigenvalue weighted by molar-refractivity contribution is 5.90. The van der Waals surface area contributed by atoms with Crippen molar-refractivity contribution in [3.63, 3.8) is 0 Å². The Labute approximate surface area is 101 Å². The van der Waals surface area contributed by atoms with Crippen molar-refractivity contribution in [1.82, 2.24) is 0 Å². The van der Waals surface area contributed by atoms with E-state index in [-0.39, 0.29) is 5.91 Å². The van der Waals surface area contributed by atoms with Gasteiger partial charge in [-0.3, -0.25) is 4.79 Å². The van der Waals surface area contributed by atoms with Crippen molar-refractivity contribution in [1.29, 1.82) is 0 Å². The van der Waals surface area contributed by atoms with Gasteiger partial charge in [0.05, 0.1) is 0 Å². The molecule has 0 aliphatic heterocycles. The zero-order chi connectivity index (χ0) is 12.5. The number of carbonyl (C=O) groups is 1. The van der Waals surface area contributed by atoms with E-state index < -0.39 is 0 Å². The summed E-state index contributed by atoms with van der Waals surface area (Å²) in [6.45, 7) is 3.44. The molecule has 0 fully saturated rings. The molecule has 0 unspecified atom stereocenters. The highest BCUT2D eigenvalue weighted by Crippen LogP contribution is 2.17. The zero-order valence-corrected chi connectivity index (χ0v) is 9.86. The first kappa shape index (κ1) is 13.2. The van der Waals surface area contributed by atoms with Gasteiger partial charge < -0.3 is 10.1 Å². The lowest BCUT2D eigenvalue weighted by atomic mass is 10.2. The van der Waals surface area contributed by atoms with E-state index in [0.29, 0.717) is 17.9 Å². The van der Waals surface area contributed by atoms with Crippen molar-refractivity contribution in [2.24, 2.45) is 0 Å². The van der Waals surface area contributed by atoms with Gasteiger partial charge in [0.25, 0.3) is 0 Å². The fourth-order valence-corrected chi connectivity index (χ4v) is 1.44. The van der Waals surface area contributed by atoms with E-state index in [2.05, 4.69) is 17.0 Å². The maximum absolute atomic E-state index is 11.5. The molecule has 4 nitrogen and oxygen atoms in total. The average Bonchev–Trinajstić information content (AvgIpc) is 2.30. The van der Waals surface area contributed by atoms with Crippen LogP contribution >= 0.6 is 0 Å². The van der Waals surface area contributed by atoms with Crippen molar-refractivity contribution >= 4 is 18.1 Å². The normalized spacial score (nSPS) is 9.71. The fraction of sp³-hybridized carbons (Fsp3) is 0.385. The van der Waals surface area contributed by atoms with Crippen molar-refractivity contribution < 1.29 is 14.3 Å². The van der Waals surface area contributed by atoms with Gasteiger partial charge in [-0.2, -0.15) is 0 Å². The van der Waals surface area contributed by atoms with E-state index in [1.807, 2.05) is 0 Å². The van der Waals surface area contributed by atoms with E-state index >= 15 is 0 Å². The minimum atomic E-state index is -0.0225. The molecule has 0 spiro atoms. The summed E-state index contributed by atoms with van der Waals surface area (Å²) in [6, 6.07) is 6.66. The maximum atomic E-state index is 11.5. The lowest BCUT2D eigenvalue weighted by Crippen LogP contribution is -2.10. The van der Waals surface area contributed by atoms with Crippen LogP contribution in [0.25, 0.3) is 0 Å². The second-order valence-electron chi connectivity index (χ2n) is 3.72. The molecule has 1 amide bonds. The summed E-state index contributed by atoms with van der Waals surface area (Å²) in [5.74, 6) is 0.344. The molecule has 1 N–H and O–H groups in total. The summed E-state index contributed by atoms with van der Waals surface area (Å²) >= 11 is 0. The maximum Gasteiger partial charge on any atom is 0.423 e. The van der Waals surface area contributed by atoms with Gasteiger partial charge in [-0.05, 0) is 18.6 Å². The minimum absolute atomic E-state index is 0.0225. The third-order valence-electron chi connectivity index (χ3n) is 2.28. The first-order chi connectivity index (χ1) is 8.26. The van der Waals surface area contributed by atoms with Gasteiger partial charge in [0.15, 0.2) is 0 Å². The number of hydrogen-bond acceptors (Lipinski definition) is 3. The van der Waals surface area contributed by atoms with Crippen LogP contribution in [0.3, 0.4) is 0 Å². The topological polar surface area (TPSA) is 55.4 Å². The number of rotatable bonds is 7. The van der Waals surface area contributed by atoms with Crippen LogP contribution in [-0.2, 0) is 9.59 Å². The summed E-state index contributed by atoms with van der Waals surface area (Å²) in [4.78, 5) is 21.6. The first-order valence-corrected chi connectivity index (χ1v) is 5.70. The van der Waals surface area contributed by atoms with E-state index in [4.69, 9.17) is 0 Å². The highest BCUT2D eigenvalue weighted by Gasteiger charge is 2.03. The van der Waals surface area contributed by atoms with Crippen molar-refractivity contribution in [2.45, 2.75) is 32.6 Å². The Morgan fingerprint density at radius 2 is 2.24 bits per heavy atom. The van der Waals surface area contributed by atoms with Crippen LogP contribution < -0.4 is 10.1 Å². The molecule has 1 rings (SSSR count). The number of nitrogens with one attached hydrogen (secondary N) is 1. The van der Waals surface area contributed by atoms with Gasteiger partial charge >= 0.3 is 6.47 Å². The van der Waals surface area contributed by atoms with E-state index in [9.17, 15) is 9.59 Å². The summed E-state index contributed by atoms with van der Waals surface area (Å²) in [5, 5.41) is 2.75. The van der Waals surface area contributed by atoms with Gasteiger partial charge in [-0.15, -0.1) is 0 Å². The molecule has 0 heterocycles. The molecule has 0 bridgehead atoms. The van der Waals surface area contributed by atoms with Crippen molar-refractivity contribution in [3.05, 3.63) is 24.3 Å². The SMILES string of the molecule is CCCCCC(=O)Nc1cccc(O[C]=O)c1. The molecule has 0 saturated heterocycles. The monoisotopic (exact) mass is 234 g/mol. The first-order valence-electron chi connectivity index (χ1n) is 5.70. The van der Waals surface area contributed by atoms with Crippen LogP contribution in [0.2, 0.25) is 0 Å². The van der Waals surface area contributed by atoms with Crippen molar-refractivity contribution in [3.8, 4) is 5.75 Å². The Bertz CT molecular complexity index is 377. The number of anilines is 1. The van der Waals surface area contributed by atoms with E-state index in [1.165, 1.54) is 6.47 Å². The Morgan fingerprint density at radius 1 is 1.41 bits per heavy atom. The number of unbranched alkanes of at least 4 members (excludes halogenated alkanes) is 2. The number of carbonyl (C=O) groups excluding carboxylic acids is 2. The summed E-state index contributed by atoms with van der Waals surface area (Å²) in [5.41, 5.74) is 0.624. The average molecular weight is 234 g/mol. The number of amides is 1. The largest absolute Gasteiger partial charge is 0.423 e. The van der Waals surface area contributed by atoms with Crippen molar-refractivity contribution in [2.75, 3.05) is 5.32 Å². The predicted octanol–water partition coefficient (Wildman–Crippen LogP) is 2.65. The van der Waals surface area contributed by atoms with E-state index in [1.54, 1.807) is 24.3 Å². The van der Waals surface area contributed by atoms with Crippen LogP contribution in [0.4, 0.5) is 5.69 Å². The molecule has 4 heteroatoms. The smallest absolute Gasteiger partial charge is 0.418 e. The second kappa shape index (κ2) is 7.44. The van der Waals surface area contributed by atoms with Crippen LogP contribution in [0.5, 0.6) is 5.75 Å². The molecule has 0 saturated carbocycles. The zero-order valence-electron chi connectivity index (χ0n) is 9.86. The molecule has 17 heavy (non-hydrogen) atoms. The summed E-state index contributed by atoms with van der Waals surface area (Å²) in [6.07, 6.45) is 3.54. The number of ether oxygens (including phenoxy) is 1. The molecule has 0 aromatic heterocycles. The molecule has 91 valence electrons. The lowest BCUT2D eigenvalue weighted by Gasteiger charge is -2.05. The number of benzene rings is 1. The quantitative estimate of drug-likeness (QED) is 0.738. The Kier molecular flexibility index (Phi) is 5.79. The van der Waals surface area contributed by atoms with Crippen LogP contribution in [0.15, 0.2) is 24.3 Å². The van der Waals surface area contributed by atoms with E-state index in [0.717, 1.165) is 19.3 Å². The molecule has 1 aromatic rings. The van der Waals surface area contributed by atoms with Crippen LogP contribution in [0.1, 0.15) is 32.6 Å². The standard InChI is InChI=1S/C13H16NO3/c1-2-3-4-8-13(16)14-11-6-5-7-12(9-11)17-10-15/h5-7,9H,2-4,8H2,1H3,(H,14,16). The Balaban J connectivity index is 2.47. The Morgan fingerprint density at radius 3 is 2.94 bits per heavy atom. The van der Waals surface area contributed by atoms with Gasteiger partial charge in [0, 0.05) is 18.2 Å². The van der Waals surface area contributed by atoms with Gasteiger partial charge in [-0.25, -0.2) is 4.79 Å². The molecule has 0 aliphatic rings. The van der Waals surface area contributed by atoms with Gasteiger partial charge in [-0.1, -0.05) is 25.8 Å². The summed E-state index contributed by atoms with van der Waals surface area (Å²) < 4.78 is 4.57. The fourth-order valence-electron chi connectivity index (χ4n) is 1.44. The second-order valence-corrected chi connectivity index (χ2v) is 3.72. The number of hydrogen-bond donors (Lipinski definition) is 1. The van der Waals surface area contributed by atoms with Crippen LogP contribution in [0, 0.1) is 0 Å². The lowest BCUT2D eigenvalue weighted by molar-refractivity contribution is -0.116.